The van der Waals surface area contributed by atoms with E-state index >= 15 is 0 Å². The summed E-state index contributed by atoms with van der Waals surface area (Å²) >= 11 is 0. The molecule has 1 heterocycles. The van der Waals surface area contributed by atoms with E-state index in [1.54, 1.807) is 6.33 Å². The first-order valence-electron chi connectivity index (χ1n) is 8.05. The molecule has 6 nitrogen and oxygen atoms in total. The Balaban J connectivity index is 1.57. The van der Waals surface area contributed by atoms with Gasteiger partial charge in [-0.15, -0.1) is 10.2 Å². The Morgan fingerprint density at radius 1 is 1.12 bits per heavy atom. The Morgan fingerprint density at radius 2 is 1.92 bits per heavy atom. The zero-order valence-electron chi connectivity index (χ0n) is 14.3. The molecule has 3 rings (SSSR count). The van der Waals surface area contributed by atoms with Crippen LogP contribution in [0.5, 0.6) is 5.75 Å². The summed E-state index contributed by atoms with van der Waals surface area (Å²) in [5.41, 5.74) is 3.12. The molecular weight excluding hydrogens is 316 g/mol. The van der Waals surface area contributed by atoms with Crippen LogP contribution in [-0.4, -0.2) is 27.3 Å². The van der Waals surface area contributed by atoms with Crippen molar-refractivity contribution in [2.75, 3.05) is 6.61 Å². The van der Waals surface area contributed by atoms with Crippen molar-refractivity contribution < 1.29 is 9.53 Å². The fourth-order valence-corrected chi connectivity index (χ4v) is 2.44. The first kappa shape index (κ1) is 16.7. The first-order chi connectivity index (χ1) is 12.1. The molecule has 0 bridgehead atoms. The van der Waals surface area contributed by atoms with E-state index in [-0.39, 0.29) is 19.1 Å². The van der Waals surface area contributed by atoms with Crippen LogP contribution in [0, 0.1) is 13.8 Å². The van der Waals surface area contributed by atoms with Gasteiger partial charge in [0.2, 0.25) is 0 Å². The number of aromatic nitrogens is 3. The summed E-state index contributed by atoms with van der Waals surface area (Å²) in [5, 5.41) is 10.8. The monoisotopic (exact) mass is 336 g/mol. The first-order valence-corrected chi connectivity index (χ1v) is 8.05. The summed E-state index contributed by atoms with van der Waals surface area (Å²) in [6.07, 6.45) is 1.63. The lowest BCUT2D eigenvalue weighted by Crippen LogP contribution is -2.29. The lowest BCUT2D eigenvalue weighted by Gasteiger charge is -2.11. The van der Waals surface area contributed by atoms with Crippen LogP contribution < -0.4 is 10.1 Å². The van der Waals surface area contributed by atoms with Gasteiger partial charge in [0.05, 0.1) is 6.54 Å². The highest BCUT2D eigenvalue weighted by Gasteiger charge is 2.09. The fraction of sp³-hybridized carbons (Fsp3) is 0.211. The van der Waals surface area contributed by atoms with Crippen molar-refractivity contribution in [1.82, 2.24) is 20.1 Å². The zero-order valence-corrected chi connectivity index (χ0v) is 14.3. The molecule has 0 fully saturated rings. The van der Waals surface area contributed by atoms with Crippen molar-refractivity contribution in [3.63, 3.8) is 0 Å². The molecular formula is C19H20N4O2. The number of ether oxygens (including phenoxy) is 1. The zero-order chi connectivity index (χ0) is 17.6. The van der Waals surface area contributed by atoms with Crippen LogP contribution in [0.1, 0.15) is 17.0 Å². The Bertz CT molecular complexity index is 859. The molecule has 0 atom stereocenters. The summed E-state index contributed by atoms with van der Waals surface area (Å²) in [6.45, 7) is 4.23. The van der Waals surface area contributed by atoms with Crippen LogP contribution in [0.25, 0.3) is 5.69 Å². The van der Waals surface area contributed by atoms with Gasteiger partial charge in [-0.1, -0.05) is 30.3 Å². The lowest BCUT2D eigenvalue weighted by molar-refractivity contribution is -0.123. The molecule has 3 aromatic rings. The molecule has 0 saturated heterocycles. The van der Waals surface area contributed by atoms with Crippen molar-refractivity contribution in [3.8, 4) is 11.4 Å². The van der Waals surface area contributed by atoms with E-state index in [1.165, 1.54) is 0 Å². The van der Waals surface area contributed by atoms with Crippen molar-refractivity contribution in [3.05, 3.63) is 71.8 Å². The van der Waals surface area contributed by atoms with Crippen LogP contribution >= 0.6 is 0 Å². The van der Waals surface area contributed by atoms with Crippen molar-refractivity contribution in [2.24, 2.45) is 0 Å². The summed E-state index contributed by atoms with van der Waals surface area (Å²) in [4.78, 5) is 12.1. The van der Waals surface area contributed by atoms with Crippen molar-refractivity contribution in [2.45, 2.75) is 20.4 Å². The highest BCUT2D eigenvalue weighted by Crippen LogP contribution is 2.20. The molecule has 1 amide bonds. The minimum absolute atomic E-state index is 0.0379. The van der Waals surface area contributed by atoms with E-state index in [9.17, 15) is 4.79 Å². The van der Waals surface area contributed by atoms with Crippen molar-refractivity contribution >= 4 is 5.91 Å². The standard InChI is InChI=1S/C19H20N4O2/c1-14-7-6-10-17(15(14)2)25-12-19(24)20-11-18-22-21-13-23(18)16-8-4-3-5-9-16/h3-10,13H,11-12H2,1-2H3,(H,20,24). The van der Waals surface area contributed by atoms with Crippen LogP contribution in [-0.2, 0) is 11.3 Å². The number of carbonyl (C=O) groups excluding carboxylic acids is 1. The van der Waals surface area contributed by atoms with E-state index in [0.29, 0.717) is 5.82 Å². The maximum atomic E-state index is 12.1. The third-order valence-corrected chi connectivity index (χ3v) is 4.01. The SMILES string of the molecule is Cc1cccc(OCC(=O)NCc2nncn2-c2ccccc2)c1C. The molecule has 6 heteroatoms. The molecule has 128 valence electrons. The third kappa shape index (κ3) is 4.03. The summed E-state index contributed by atoms with van der Waals surface area (Å²) in [5.74, 6) is 1.18. The number of nitrogens with one attached hydrogen (secondary N) is 1. The number of hydrogen-bond donors (Lipinski definition) is 1. The van der Waals surface area contributed by atoms with E-state index in [4.69, 9.17) is 4.74 Å². The number of nitrogens with zero attached hydrogens (tertiary/aromatic N) is 3. The van der Waals surface area contributed by atoms with Gasteiger partial charge in [-0.2, -0.15) is 0 Å². The summed E-state index contributed by atoms with van der Waals surface area (Å²) < 4.78 is 7.45. The molecule has 0 spiro atoms. The Morgan fingerprint density at radius 3 is 2.72 bits per heavy atom. The van der Waals surface area contributed by atoms with Gasteiger partial charge in [-0.3, -0.25) is 9.36 Å². The van der Waals surface area contributed by atoms with Crippen LogP contribution in [0.3, 0.4) is 0 Å². The maximum absolute atomic E-state index is 12.1. The van der Waals surface area contributed by atoms with Gasteiger partial charge < -0.3 is 10.1 Å². The number of carbonyl (C=O) groups is 1. The molecule has 1 aromatic heterocycles. The Kier molecular flexibility index (Phi) is 5.09. The number of hydrogen-bond acceptors (Lipinski definition) is 4. The summed E-state index contributed by atoms with van der Waals surface area (Å²) in [6, 6.07) is 15.5. The van der Waals surface area contributed by atoms with Gasteiger partial charge in [0, 0.05) is 5.69 Å². The molecule has 0 unspecified atom stereocenters. The molecule has 1 N–H and O–H groups in total. The van der Waals surface area contributed by atoms with Gasteiger partial charge in [0.1, 0.15) is 12.1 Å². The van der Waals surface area contributed by atoms with E-state index in [1.807, 2.05) is 66.9 Å². The quantitative estimate of drug-likeness (QED) is 0.751. The predicted octanol–water partition coefficient (Wildman–Crippen LogP) is 2.58. The van der Waals surface area contributed by atoms with Gasteiger partial charge in [-0.25, -0.2) is 0 Å². The topological polar surface area (TPSA) is 69.0 Å². The predicted molar refractivity (Wildman–Crippen MR) is 94.6 cm³/mol. The molecule has 25 heavy (non-hydrogen) atoms. The van der Waals surface area contributed by atoms with Gasteiger partial charge >= 0.3 is 0 Å². The molecule has 0 radical (unpaired) electrons. The van der Waals surface area contributed by atoms with Gasteiger partial charge in [0.15, 0.2) is 12.4 Å². The van der Waals surface area contributed by atoms with E-state index in [2.05, 4.69) is 15.5 Å². The lowest BCUT2D eigenvalue weighted by atomic mass is 10.1. The average molecular weight is 336 g/mol. The second-order valence-corrected chi connectivity index (χ2v) is 5.72. The van der Waals surface area contributed by atoms with E-state index < -0.39 is 0 Å². The van der Waals surface area contributed by atoms with Crippen LogP contribution in [0.4, 0.5) is 0 Å². The second kappa shape index (κ2) is 7.61. The van der Waals surface area contributed by atoms with Gasteiger partial charge in [0.25, 0.3) is 5.91 Å². The number of benzene rings is 2. The number of para-hydroxylation sites is 1. The maximum Gasteiger partial charge on any atom is 0.258 e. The van der Waals surface area contributed by atoms with Crippen LogP contribution in [0.15, 0.2) is 54.9 Å². The molecule has 0 aliphatic carbocycles. The summed E-state index contributed by atoms with van der Waals surface area (Å²) in [7, 11) is 0. The number of aryl methyl sites for hydroxylation is 1. The Hall–Kier alpha value is -3.15. The second-order valence-electron chi connectivity index (χ2n) is 5.72. The molecule has 0 aliphatic rings. The minimum atomic E-state index is -0.205. The highest BCUT2D eigenvalue weighted by atomic mass is 16.5. The van der Waals surface area contributed by atoms with Gasteiger partial charge in [-0.05, 0) is 43.2 Å². The third-order valence-electron chi connectivity index (χ3n) is 4.01. The largest absolute Gasteiger partial charge is 0.483 e. The molecule has 0 saturated carbocycles. The van der Waals surface area contributed by atoms with Crippen molar-refractivity contribution in [1.29, 1.82) is 0 Å². The molecule has 0 aliphatic heterocycles. The van der Waals surface area contributed by atoms with Crippen LogP contribution in [0.2, 0.25) is 0 Å². The molecule has 2 aromatic carbocycles. The Labute approximate surface area is 146 Å². The number of rotatable bonds is 6. The smallest absolute Gasteiger partial charge is 0.258 e. The fourth-order valence-electron chi connectivity index (χ4n) is 2.44. The van der Waals surface area contributed by atoms with E-state index in [0.717, 1.165) is 22.6 Å². The minimum Gasteiger partial charge on any atom is -0.483 e. The normalized spacial score (nSPS) is 10.5. The highest BCUT2D eigenvalue weighted by molar-refractivity contribution is 5.77. The number of amides is 1. The average Bonchev–Trinajstić information content (AvgIpc) is 3.10.